The van der Waals surface area contributed by atoms with Crippen LogP contribution in [0.5, 0.6) is 0 Å². The number of hydrogen-bond acceptors (Lipinski definition) is 5. The van der Waals surface area contributed by atoms with E-state index in [1.54, 1.807) is 0 Å². The zero-order valence-corrected chi connectivity index (χ0v) is 8.04. The number of sulfone groups is 1. The van der Waals surface area contributed by atoms with Gasteiger partial charge in [-0.2, -0.15) is 0 Å². The molecule has 14 heavy (non-hydrogen) atoms. The highest BCUT2D eigenvalue weighted by Gasteiger charge is 2.33. The Hall–Kier alpha value is -1.37. The van der Waals surface area contributed by atoms with Crippen molar-refractivity contribution in [2.24, 2.45) is 0 Å². The van der Waals surface area contributed by atoms with E-state index in [1.165, 1.54) is 12.4 Å². The fourth-order valence-corrected chi connectivity index (χ4v) is 2.60. The fraction of sp³-hybridized carbons (Fsp3) is 0.429. The molecule has 2 rings (SSSR count). The zero-order valence-electron chi connectivity index (χ0n) is 7.23. The highest BCUT2D eigenvalue weighted by atomic mass is 32.2. The minimum Gasteiger partial charge on any atom is -0.365 e. The molecule has 0 amide bonds. The molecule has 0 unspecified atom stereocenters. The van der Waals surface area contributed by atoms with Gasteiger partial charge in [0.05, 0.1) is 23.9 Å². The van der Waals surface area contributed by atoms with Crippen LogP contribution in [0, 0.1) is 0 Å². The number of aromatic amines is 1. The van der Waals surface area contributed by atoms with Crippen molar-refractivity contribution in [3.05, 3.63) is 22.7 Å². The van der Waals surface area contributed by atoms with E-state index in [4.69, 9.17) is 0 Å². The number of nitrogens with one attached hydrogen (secondary N) is 2. The first-order chi connectivity index (χ1) is 6.55. The lowest BCUT2D eigenvalue weighted by Gasteiger charge is -2.26. The first kappa shape index (κ1) is 9.20. The number of nitrogens with zero attached hydrogens (tertiary/aromatic N) is 1. The van der Waals surface area contributed by atoms with E-state index in [2.05, 4.69) is 15.3 Å². The summed E-state index contributed by atoms with van der Waals surface area (Å²) in [7, 11) is -2.84. The van der Waals surface area contributed by atoms with Crippen molar-refractivity contribution in [2.75, 3.05) is 16.8 Å². The maximum absolute atomic E-state index is 10.9. The average Bonchev–Trinajstić information content (AvgIpc) is 2.00. The lowest BCUT2D eigenvalue weighted by atomic mass is 10.3. The molecular formula is C7H9N3O3S. The maximum atomic E-state index is 10.9. The summed E-state index contributed by atoms with van der Waals surface area (Å²) in [6, 6.07) is 1.18. The van der Waals surface area contributed by atoms with Gasteiger partial charge in [-0.05, 0) is 0 Å². The Morgan fingerprint density at radius 2 is 2.21 bits per heavy atom. The molecule has 0 aromatic carbocycles. The summed E-state index contributed by atoms with van der Waals surface area (Å²) < 4.78 is 21.7. The van der Waals surface area contributed by atoms with Crippen LogP contribution in [0.1, 0.15) is 0 Å². The number of aromatic nitrogens is 2. The third kappa shape index (κ3) is 1.92. The summed E-state index contributed by atoms with van der Waals surface area (Å²) in [4.78, 5) is 17.1. The minimum absolute atomic E-state index is 0.113. The lowest BCUT2D eigenvalue weighted by molar-refractivity contribution is 0.570. The number of H-pyrrole nitrogens is 1. The van der Waals surface area contributed by atoms with Gasteiger partial charge in [-0.25, -0.2) is 13.4 Å². The van der Waals surface area contributed by atoms with Crippen LogP contribution in [-0.2, 0) is 9.84 Å². The summed E-state index contributed by atoms with van der Waals surface area (Å²) in [5.41, 5.74) is -0.260. The second-order valence-corrected chi connectivity index (χ2v) is 5.37. The van der Waals surface area contributed by atoms with Gasteiger partial charge < -0.3 is 10.3 Å². The molecule has 2 heterocycles. The number of anilines is 1. The van der Waals surface area contributed by atoms with Crippen LogP contribution in [-0.4, -0.2) is 35.9 Å². The Labute approximate surface area is 80.3 Å². The molecule has 1 aromatic heterocycles. The van der Waals surface area contributed by atoms with Crippen molar-refractivity contribution in [1.29, 1.82) is 0 Å². The molecule has 7 heteroatoms. The Kier molecular flexibility index (Phi) is 2.03. The standard InChI is InChI=1S/C7H9N3O3S/c11-7-1-6(8-4-9-7)10-5-2-14(12,13)3-5/h1,4-5H,2-3H2,(H2,8,9,10,11). The number of rotatable bonds is 2. The molecule has 0 saturated carbocycles. The van der Waals surface area contributed by atoms with Crippen molar-refractivity contribution < 1.29 is 8.42 Å². The second-order valence-electron chi connectivity index (χ2n) is 3.21. The second kappa shape index (κ2) is 3.09. The van der Waals surface area contributed by atoms with E-state index in [-0.39, 0.29) is 23.1 Å². The molecule has 0 spiro atoms. The molecular weight excluding hydrogens is 206 g/mol. The zero-order chi connectivity index (χ0) is 10.2. The molecule has 6 nitrogen and oxygen atoms in total. The monoisotopic (exact) mass is 215 g/mol. The average molecular weight is 215 g/mol. The lowest BCUT2D eigenvalue weighted by Crippen LogP contribution is -2.46. The molecule has 1 aliphatic heterocycles. The topological polar surface area (TPSA) is 91.9 Å². The van der Waals surface area contributed by atoms with Crippen molar-refractivity contribution in [3.8, 4) is 0 Å². The Morgan fingerprint density at radius 1 is 1.50 bits per heavy atom. The third-order valence-corrected chi connectivity index (χ3v) is 3.76. The molecule has 2 N–H and O–H groups in total. The molecule has 1 aliphatic rings. The largest absolute Gasteiger partial charge is 0.365 e. The molecule has 76 valence electrons. The predicted octanol–water partition coefficient (Wildman–Crippen LogP) is -1.02. The molecule has 1 aromatic rings. The van der Waals surface area contributed by atoms with Gasteiger partial charge in [-0.15, -0.1) is 0 Å². The van der Waals surface area contributed by atoms with E-state index < -0.39 is 9.84 Å². The van der Waals surface area contributed by atoms with Crippen LogP contribution >= 0.6 is 0 Å². The summed E-state index contributed by atoms with van der Waals surface area (Å²) in [6.45, 7) is 0. The van der Waals surface area contributed by atoms with Gasteiger partial charge in [0.25, 0.3) is 5.56 Å². The Bertz CT molecular complexity index is 481. The van der Waals surface area contributed by atoms with Crippen LogP contribution < -0.4 is 10.9 Å². The number of hydrogen-bond donors (Lipinski definition) is 2. The van der Waals surface area contributed by atoms with E-state index in [0.717, 1.165) is 0 Å². The van der Waals surface area contributed by atoms with Crippen LogP contribution in [0.25, 0.3) is 0 Å². The predicted molar refractivity (Wildman–Crippen MR) is 50.9 cm³/mol. The summed E-state index contributed by atoms with van der Waals surface area (Å²) >= 11 is 0. The highest BCUT2D eigenvalue weighted by Crippen LogP contribution is 2.14. The summed E-state index contributed by atoms with van der Waals surface area (Å²) in [5.74, 6) is 0.636. The minimum atomic E-state index is -2.84. The molecule has 0 aliphatic carbocycles. The smallest absolute Gasteiger partial charge is 0.252 e. The Morgan fingerprint density at radius 3 is 2.79 bits per heavy atom. The van der Waals surface area contributed by atoms with Crippen LogP contribution in [0.15, 0.2) is 17.2 Å². The molecule has 0 radical (unpaired) electrons. The molecule has 1 fully saturated rings. The van der Waals surface area contributed by atoms with Crippen LogP contribution in [0.3, 0.4) is 0 Å². The summed E-state index contributed by atoms with van der Waals surface area (Å²) in [6.07, 6.45) is 1.28. The third-order valence-electron chi connectivity index (χ3n) is 1.94. The van der Waals surface area contributed by atoms with Crippen molar-refractivity contribution in [2.45, 2.75) is 6.04 Å². The van der Waals surface area contributed by atoms with Crippen LogP contribution in [0.4, 0.5) is 5.82 Å². The Balaban J connectivity index is 2.03. The SMILES string of the molecule is O=c1cc(NC2CS(=O)(=O)C2)nc[nH]1. The van der Waals surface area contributed by atoms with Gasteiger partial charge in [0.15, 0.2) is 9.84 Å². The van der Waals surface area contributed by atoms with Gasteiger partial charge >= 0.3 is 0 Å². The van der Waals surface area contributed by atoms with E-state index in [9.17, 15) is 13.2 Å². The van der Waals surface area contributed by atoms with Crippen molar-refractivity contribution >= 4 is 15.7 Å². The van der Waals surface area contributed by atoms with Gasteiger partial charge in [0.1, 0.15) is 5.82 Å². The fourth-order valence-electron chi connectivity index (χ4n) is 1.30. The van der Waals surface area contributed by atoms with Crippen molar-refractivity contribution in [3.63, 3.8) is 0 Å². The first-order valence-corrected chi connectivity index (χ1v) is 5.89. The van der Waals surface area contributed by atoms with Crippen molar-refractivity contribution in [1.82, 2.24) is 9.97 Å². The highest BCUT2D eigenvalue weighted by molar-refractivity contribution is 7.92. The normalized spacial score (nSPS) is 20.0. The summed E-state index contributed by atoms with van der Waals surface area (Å²) in [5, 5.41) is 2.86. The van der Waals surface area contributed by atoms with Gasteiger partial charge in [0, 0.05) is 6.07 Å². The van der Waals surface area contributed by atoms with Gasteiger partial charge in [-0.3, -0.25) is 4.79 Å². The van der Waals surface area contributed by atoms with Crippen LogP contribution in [0.2, 0.25) is 0 Å². The molecule has 0 bridgehead atoms. The quantitative estimate of drug-likeness (QED) is 0.658. The molecule has 1 saturated heterocycles. The van der Waals surface area contributed by atoms with E-state index in [0.29, 0.717) is 5.82 Å². The van der Waals surface area contributed by atoms with Gasteiger partial charge in [0.2, 0.25) is 0 Å². The first-order valence-electron chi connectivity index (χ1n) is 4.07. The van der Waals surface area contributed by atoms with E-state index >= 15 is 0 Å². The maximum Gasteiger partial charge on any atom is 0.252 e. The van der Waals surface area contributed by atoms with Gasteiger partial charge in [-0.1, -0.05) is 0 Å². The van der Waals surface area contributed by atoms with E-state index in [1.807, 2.05) is 0 Å². The molecule has 0 atom stereocenters.